The SMILES string of the molecule is C.C#C[Si](C)(C)C.C#Cc1ccc(NC)c(F)c1.CNc1ccc(Br)cc1F.CNc1ccc(C#C[Si](C)(C)C)cc1F.CNc1ccc(C#Cc2nc3ccc(O)cc3s2)cc1F.CNc1ccc(C#Cc2nc3ccc(OC)cc3s2)cc1F.COc1ccc2nc(I)sc2c1.COc1ccc2nc(I)sc2c1.COc1ccc2nc(N)sc2c1.Nc1ccc(Br)cc1F. The lowest BCUT2D eigenvalue weighted by Crippen LogP contribution is -2.16. The number of hydrogen-bond acceptors (Lipinski definition) is 22. The standard InChI is InChI=1S/C17H13FN2OS.C16H11FN2OS.C12H16FNSi.C9H8FN.2C8H6INOS.C8H8N2OS.C7H7BrFN.C6H5BrFN.C5H10Si.CH4/c1-19-14-6-3-11(9-13(14)18)4-8-17-20-15-7-5-12(21-2)10-16(15)22-17;1-18-13-5-2-10(8-12(13)17)3-7-16-19-14-6-4-11(20)9-15(14)21-16;1-14-12-6-5-10(9-11(12)13)7-8-15(2,3)4;1-3-7-4-5-9(11-2)8(10)6-7;3*1-11-5-2-3-6-7(4-5)12-8(9)10-6;1-10-7-3-2-5(8)4-6(7)9;7-4-1-2-6(9)5(8)3-4;1-5-6(2,3)4;/h3,5-7,9-10,19H,1-2H3;2,4-6,8-9,18,20H,1H3;5-6,9,14H,1-4H3;1,4-6,11H,2H3;2*2-4H,1H3;2-4H,1H3,(H2,9,10);2-4,10H,1H3;1-3H,9H2;1H,2-4H3;1H4. The van der Waals surface area contributed by atoms with Gasteiger partial charge in [-0.05, 0) is 257 Å². The van der Waals surface area contributed by atoms with Gasteiger partial charge in [0, 0.05) is 66.4 Å². The van der Waals surface area contributed by atoms with Crippen LogP contribution in [0.1, 0.15) is 39.7 Å². The fourth-order valence-corrected chi connectivity index (χ4v) is 17.0. The maximum Gasteiger partial charge on any atom is 0.181 e. The molecule has 16 aromatic rings. The number of halogens is 10. The van der Waals surface area contributed by atoms with Crippen molar-refractivity contribution in [2.24, 2.45) is 0 Å². The molecule has 0 saturated carbocycles. The van der Waals surface area contributed by atoms with Crippen LogP contribution in [0.25, 0.3) is 51.1 Å². The average Bonchev–Trinajstić information content (AvgIpc) is 1.74. The number of ether oxygens (including phenoxy) is 4. The lowest BCUT2D eigenvalue weighted by Gasteiger charge is -2.04. The zero-order valence-corrected chi connectivity index (χ0v) is 86.6. The monoisotopic (exact) mass is 2250 g/mol. The Kier molecular flexibility index (Phi) is 44.6. The molecule has 0 fully saturated rings. The number of nitrogen functional groups attached to an aromatic ring is 2. The minimum atomic E-state index is -1.38. The van der Waals surface area contributed by atoms with Crippen molar-refractivity contribution in [3.8, 4) is 88.2 Å². The number of thiazole rings is 5. The second-order valence-electron chi connectivity index (χ2n) is 28.4. The first-order valence-electron chi connectivity index (χ1n) is 38.6. The first kappa shape index (κ1) is 108. The molecule has 0 bridgehead atoms. The highest BCUT2D eigenvalue weighted by Crippen LogP contribution is 2.33. The van der Waals surface area contributed by atoms with Gasteiger partial charge in [0.05, 0.1) is 114 Å². The topological polar surface area (TPSA) is 234 Å². The summed E-state index contributed by atoms with van der Waals surface area (Å²) in [5.74, 6) is 18.9. The molecule has 34 heteroatoms. The molecule has 5 aromatic heterocycles. The molecule has 0 saturated heterocycles. The van der Waals surface area contributed by atoms with E-state index >= 15 is 0 Å². The molecule has 680 valence electrons. The van der Waals surface area contributed by atoms with E-state index in [-0.39, 0.29) is 53.8 Å². The van der Waals surface area contributed by atoms with Crippen LogP contribution in [0.3, 0.4) is 0 Å². The molecule has 0 spiro atoms. The molecule has 0 aliphatic heterocycles. The Morgan fingerprint density at radius 3 is 1.01 bits per heavy atom. The van der Waals surface area contributed by atoms with Crippen molar-refractivity contribution in [1.82, 2.24) is 24.9 Å². The largest absolute Gasteiger partial charge is 0.508 e. The number of phenolic OH excluding ortho intramolecular Hbond substituents is 1. The summed E-state index contributed by atoms with van der Waals surface area (Å²) in [5, 5.41) is 25.1. The molecule has 11 aromatic carbocycles. The number of aromatic nitrogens is 5. The minimum absolute atomic E-state index is 0. The summed E-state index contributed by atoms with van der Waals surface area (Å²) >= 11 is 18.4. The molecule has 17 nitrogen and oxygen atoms in total. The normalized spacial score (nSPS) is 10.0. The molecule has 0 aliphatic carbocycles. The van der Waals surface area contributed by atoms with Crippen molar-refractivity contribution in [3.63, 3.8) is 0 Å². The number of rotatable bonds is 9. The van der Waals surface area contributed by atoms with Crippen molar-refractivity contribution >= 4 is 240 Å². The maximum atomic E-state index is 13.7. The number of nitrogens with two attached hydrogens (primary N) is 2. The van der Waals surface area contributed by atoms with E-state index in [4.69, 9.17) is 43.3 Å². The van der Waals surface area contributed by atoms with Crippen LogP contribution in [0.4, 0.5) is 65.6 Å². The number of phenols is 1. The van der Waals surface area contributed by atoms with E-state index in [2.05, 4.69) is 214 Å². The fourth-order valence-electron chi connectivity index (χ4n) is 10.0. The number of nitrogens with one attached hydrogen (secondary N) is 5. The lowest BCUT2D eigenvalue weighted by molar-refractivity contribution is 0.415. The zero-order valence-electron chi connectivity index (χ0n) is 73.0. The summed E-state index contributed by atoms with van der Waals surface area (Å²) in [6.07, 6.45) is 10.2. The van der Waals surface area contributed by atoms with E-state index < -0.39 is 16.1 Å². The number of hydrogen-bond donors (Lipinski definition) is 8. The second kappa shape index (κ2) is 53.9. The van der Waals surface area contributed by atoms with Crippen molar-refractivity contribution in [1.29, 1.82) is 0 Å². The van der Waals surface area contributed by atoms with Gasteiger partial charge < -0.3 is 62.1 Å². The van der Waals surface area contributed by atoms with E-state index in [0.29, 0.717) is 64.7 Å². The summed E-state index contributed by atoms with van der Waals surface area (Å²) in [6, 6.07) is 56.9. The number of aromatic hydroxyl groups is 1. The summed E-state index contributed by atoms with van der Waals surface area (Å²) in [6.45, 7) is 12.9. The van der Waals surface area contributed by atoms with Crippen molar-refractivity contribution in [2.75, 3.05) is 102 Å². The second-order valence-corrected chi connectivity index (χ2v) is 48.4. The number of fused-ring (bicyclic) bond motifs is 5. The van der Waals surface area contributed by atoms with Gasteiger partial charge >= 0.3 is 0 Å². The zero-order chi connectivity index (χ0) is 95.4. The van der Waals surface area contributed by atoms with Gasteiger partial charge in [-0.3, -0.25) is 0 Å². The summed E-state index contributed by atoms with van der Waals surface area (Å²) in [4.78, 5) is 21.6. The predicted octanol–water partition coefficient (Wildman–Crippen LogP) is 27.1. The molecular formula is C97H94Br2F6I2N12O5S5Si2. The Balaban J connectivity index is 0.000000228. The van der Waals surface area contributed by atoms with Crippen molar-refractivity contribution < 1.29 is 50.4 Å². The van der Waals surface area contributed by atoms with Crippen LogP contribution in [-0.4, -0.2) is 110 Å². The molecule has 0 aliphatic rings. The summed E-state index contributed by atoms with van der Waals surface area (Å²) < 4.78 is 108. The number of nitrogens with zero attached hydrogens (tertiary/aromatic N) is 5. The van der Waals surface area contributed by atoms with Gasteiger partial charge in [0.2, 0.25) is 0 Å². The first-order chi connectivity index (χ1) is 61.9. The third kappa shape index (κ3) is 36.4. The molecule has 10 N–H and O–H groups in total. The van der Waals surface area contributed by atoms with Crippen LogP contribution >= 0.6 is 134 Å². The van der Waals surface area contributed by atoms with E-state index in [9.17, 15) is 31.4 Å². The Morgan fingerprint density at radius 2 is 0.672 bits per heavy atom. The average molecular weight is 2250 g/mol. The van der Waals surface area contributed by atoms with Crippen LogP contribution in [0.5, 0.6) is 28.7 Å². The molecule has 0 atom stereocenters. The summed E-state index contributed by atoms with van der Waals surface area (Å²) in [7, 11) is 12.5. The summed E-state index contributed by atoms with van der Waals surface area (Å²) in [5.41, 5.74) is 26.5. The van der Waals surface area contributed by atoms with Crippen LogP contribution in [0.2, 0.25) is 39.3 Å². The third-order valence-corrected chi connectivity index (χ3v) is 25.5. The van der Waals surface area contributed by atoms with Crippen LogP contribution < -0.4 is 57.0 Å². The van der Waals surface area contributed by atoms with E-state index in [1.54, 1.807) is 165 Å². The van der Waals surface area contributed by atoms with Crippen molar-refractivity contribution in [3.05, 3.63) is 282 Å². The van der Waals surface area contributed by atoms with Gasteiger partial charge in [-0.25, -0.2) is 51.3 Å². The number of benzene rings is 11. The van der Waals surface area contributed by atoms with Gasteiger partial charge in [-0.2, -0.15) is 0 Å². The van der Waals surface area contributed by atoms with Crippen molar-refractivity contribution in [2.45, 2.75) is 46.7 Å². The van der Waals surface area contributed by atoms with Crippen LogP contribution in [0, 0.1) is 100 Å². The predicted molar refractivity (Wildman–Crippen MR) is 571 cm³/mol. The molecule has 0 unspecified atom stereocenters. The molecular weight excluding hydrogens is 2160 g/mol. The van der Waals surface area contributed by atoms with E-state index in [1.165, 1.54) is 85.9 Å². The van der Waals surface area contributed by atoms with Crippen LogP contribution in [0.15, 0.2) is 209 Å². The maximum absolute atomic E-state index is 13.7. The highest BCUT2D eigenvalue weighted by atomic mass is 127. The molecule has 131 heavy (non-hydrogen) atoms. The lowest BCUT2D eigenvalue weighted by atomic mass is 10.2. The Bertz CT molecular complexity index is 6640. The van der Waals surface area contributed by atoms with E-state index in [0.717, 1.165) is 80.7 Å². The highest BCUT2D eigenvalue weighted by molar-refractivity contribution is 14.1. The fraction of sp³-hybridized carbons (Fsp3) is 0.165. The number of methoxy groups -OCH3 is 4. The van der Waals surface area contributed by atoms with Gasteiger partial charge in [-0.15, -0.1) is 69.3 Å². The van der Waals surface area contributed by atoms with Gasteiger partial charge in [0.15, 0.2) is 21.2 Å². The Labute approximate surface area is 826 Å². The van der Waals surface area contributed by atoms with Gasteiger partial charge in [0.25, 0.3) is 0 Å². The molecule has 0 amide bonds. The Morgan fingerprint density at radius 1 is 0.366 bits per heavy atom. The van der Waals surface area contributed by atoms with Gasteiger partial charge in [0.1, 0.15) is 79.8 Å². The molecule has 5 heterocycles. The minimum Gasteiger partial charge on any atom is -0.508 e. The van der Waals surface area contributed by atoms with E-state index in [1.807, 2.05) is 78.9 Å². The quantitative estimate of drug-likeness (QED) is 0.0221. The Hall–Kier alpha value is -11.3. The van der Waals surface area contributed by atoms with Gasteiger partial charge in [-0.1, -0.05) is 114 Å². The number of anilines is 7. The number of terminal acetylenes is 2. The van der Waals surface area contributed by atoms with Crippen LogP contribution in [-0.2, 0) is 0 Å². The molecule has 0 radical (unpaired) electrons. The molecule has 16 rings (SSSR count). The first-order valence-corrected chi connectivity index (χ1v) is 53.4. The third-order valence-electron chi connectivity index (χ3n) is 16.6. The smallest absolute Gasteiger partial charge is 0.181 e. The highest BCUT2D eigenvalue weighted by Gasteiger charge is 2.12.